The van der Waals surface area contributed by atoms with E-state index in [9.17, 15) is 4.79 Å². The van der Waals surface area contributed by atoms with Gasteiger partial charge in [0, 0.05) is 30.6 Å². The number of hydrogen-bond donors (Lipinski definition) is 0. The third-order valence-corrected chi connectivity index (χ3v) is 5.16. The molecule has 0 fully saturated rings. The van der Waals surface area contributed by atoms with Gasteiger partial charge in [-0.1, -0.05) is 30.0 Å². The van der Waals surface area contributed by atoms with Crippen molar-refractivity contribution in [2.75, 3.05) is 4.90 Å². The first-order chi connectivity index (χ1) is 13.3. The normalized spacial score (nSPS) is 18.6. The summed E-state index contributed by atoms with van der Waals surface area (Å²) in [6.07, 6.45) is 7.06. The first-order valence-electron chi connectivity index (χ1n) is 8.30. The van der Waals surface area contributed by atoms with Gasteiger partial charge in [-0.05, 0) is 18.2 Å². The summed E-state index contributed by atoms with van der Waals surface area (Å²) in [5.74, 6) is 1.01. The number of aliphatic imine (C=N–C) groups is 1. The highest BCUT2D eigenvalue weighted by molar-refractivity contribution is 8.13. The number of amides is 1. The van der Waals surface area contributed by atoms with Crippen LogP contribution in [0.2, 0.25) is 0 Å². The summed E-state index contributed by atoms with van der Waals surface area (Å²) in [6, 6.07) is 11.3. The first-order valence-corrected chi connectivity index (χ1v) is 9.28. The van der Waals surface area contributed by atoms with Crippen molar-refractivity contribution in [3.05, 3.63) is 60.7 Å². The molecule has 2 aliphatic rings. The van der Waals surface area contributed by atoms with E-state index in [0.29, 0.717) is 22.5 Å². The van der Waals surface area contributed by atoms with Gasteiger partial charge in [0.25, 0.3) is 0 Å². The van der Waals surface area contributed by atoms with E-state index in [1.165, 1.54) is 18.0 Å². The number of anilines is 1. The minimum Gasteiger partial charge on any atom is -0.291 e. The summed E-state index contributed by atoms with van der Waals surface area (Å²) >= 11 is 1.44. The second-order valence-corrected chi connectivity index (χ2v) is 6.89. The lowest BCUT2D eigenvalue weighted by Crippen LogP contribution is -2.46. The molecule has 8 nitrogen and oxygen atoms in total. The highest BCUT2D eigenvalue weighted by Gasteiger charge is 2.38. The molecule has 2 aliphatic heterocycles. The number of carbonyl (C=O) groups is 1. The number of para-hydroxylation sites is 1. The zero-order valence-electron chi connectivity index (χ0n) is 14.0. The van der Waals surface area contributed by atoms with Gasteiger partial charge in [0.2, 0.25) is 11.7 Å². The number of benzene rings is 1. The number of aromatic nitrogens is 3. The van der Waals surface area contributed by atoms with Crippen molar-refractivity contribution in [3.8, 4) is 0 Å². The van der Waals surface area contributed by atoms with Crippen molar-refractivity contribution < 1.29 is 4.79 Å². The van der Waals surface area contributed by atoms with Crippen molar-refractivity contribution in [3.63, 3.8) is 0 Å². The van der Waals surface area contributed by atoms with Crippen molar-refractivity contribution in [1.29, 1.82) is 0 Å². The Morgan fingerprint density at radius 3 is 2.89 bits per heavy atom. The molecule has 27 heavy (non-hydrogen) atoms. The quantitative estimate of drug-likeness (QED) is 0.703. The van der Waals surface area contributed by atoms with E-state index in [0.717, 1.165) is 11.4 Å². The zero-order chi connectivity index (χ0) is 18.2. The second-order valence-electron chi connectivity index (χ2n) is 5.95. The fourth-order valence-electron chi connectivity index (χ4n) is 2.93. The number of thioether (sulfide) groups is 1. The summed E-state index contributed by atoms with van der Waals surface area (Å²) in [7, 11) is 0. The maximum Gasteiger partial charge on any atom is 0.249 e. The van der Waals surface area contributed by atoms with Gasteiger partial charge in [-0.3, -0.25) is 14.1 Å². The number of rotatable bonds is 3. The van der Waals surface area contributed by atoms with E-state index in [1.807, 2.05) is 53.2 Å². The minimum absolute atomic E-state index is 0.102. The number of hydrogen-bond acceptors (Lipinski definition) is 7. The van der Waals surface area contributed by atoms with Gasteiger partial charge in [-0.25, -0.2) is 15.0 Å². The Morgan fingerprint density at radius 1 is 1.15 bits per heavy atom. The molecule has 1 aromatic carbocycles. The van der Waals surface area contributed by atoms with Crippen LogP contribution in [-0.2, 0) is 10.5 Å². The predicted molar refractivity (Wildman–Crippen MR) is 105 cm³/mol. The average molecular weight is 375 g/mol. The summed E-state index contributed by atoms with van der Waals surface area (Å²) in [6.45, 7) is 0. The van der Waals surface area contributed by atoms with E-state index in [4.69, 9.17) is 0 Å². The maximum atomic E-state index is 13.0. The molecule has 0 radical (unpaired) electrons. The van der Waals surface area contributed by atoms with Crippen molar-refractivity contribution in [2.45, 2.75) is 5.75 Å². The van der Waals surface area contributed by atoms with Crippen LogP contribution in [0.5, 0.6) is 0 Å². The van der Waals surface area contributed by atoms with Gasteiger partial charge in [0.1, 0.15) is 5.92 Å². The number of nitrogens with zero attached hydrogens (tertiary/aromatic N) is 7. The van der Waals surface area contributed by atoms with E-state index in [-0.39, 0.29) is 5.91 Å². The second kappa shape index (κ2) is 6.44. The van der Waals surface area contributed by atoms with Crippen LogP contribution < -0.4 is 4.90 Å². The standard InChI is InChI=1S/C18H13N7OS/c26-16-14-9-20-23-15(14)22-18(25(16)13-5-2-1-3-6-13)27-11-12-10-24-8-4-7-19-17(24)21-12/h1-10,14H,11H2/t14-/m1/s1. The summed E-state index contributed by atoms with van der Waals surface area (Å²) in [5, 5.41) is 8.41. The molecule has 132 valence electrons. The largest absolute Gasteiger partial charge is 0.291 e. The third-order valence-electron chi connectivity index (χ3n) is 4.19. The Balaban J connectivity index is 1.47. The first kappa shape index (κ1) is 15.9. The van der Waals surface area contributed by atoms with E-state index >= 15 is 0 Å². The van der Waals surface area contributed by atoms with Gasteiger partial charge in [-0.15, -0.1) is 5.10 Å². The molecule has 0 saturated heterocycles. The lowest BCUT2D eigenvalue weighted by Gasteiger charge is -2.29. The lowest BCUT2D eigenvalue weighted by molar-refractivity contribution is -0.118. The minimum atomic E-state index is -0.519. The molecule has 0 bridgehead atoms. The van der Waals surface area contributed by atoms with Crippen LogP contribution in [0.25, 0.3) is 5.78 Å². The Hall–Kier alpha value is -3.33. The summed E-state index contributed by atoms with van der Waals surface area (Å²) in [5.41, 5.74) is 1.62. The van der Waals surface area contributed by atoms with Crippen molar-refractivity contribution in [1.82, 2.24) is 14.4 Å². The Kier molecular flexibility index (Phi) is 3.79. The zero-order valence-corrected chi connectivity index (χ0v) is 14.8. The van der Waals surface area contributed by atoms with Gasteiger partial charge >= 0.3 is 0 Å². The van der Waals surface area contributed by atoms with Crippen LogP contribution in [-0.4, -0.2) is 37.5 Å². The molecule has 0 aliphatic carbocycles. The fraction of sp³-hybridized carbons (Fsp3) is 0.111. The van der Waals surface area contributed by atoms with E-state index in [2.05, 4.69) is 25.2 Å². The molecular formula is C18H13N7OS. The van der Waals surface area contributed by atoms with Gasteiger partial charge in [-0.2, -0.15) is 5.10 Å². The molecule has 4 heterocycles. The van der Waals surface area contributed by atoms with E-state index in [1.54, 1.807) is 11.1 Å². The monoisotopic (exact) mass is 375 g/mol. The maximum absolute atomic E-state index is 13.0. The van der Waals surface area contributed by atoms with Crippen LogP contribution in [0.3, 0.4) is 0 Å². The Morgan fingerprint density at radius 2 is 2.04 bits per heavy atom. The number of imidazole rings is 1. The number of amidine groups is 2. The lowest BCUT2D eigenvalue weighted by atomic mass is 10.1. The molecular weight excluding hydrogens is 362 g/mol. The number of carbonyl (C=O) groups excluding carboxylic acids is 1. The molecule has 3 aromatic rings. The SMILES string of the molecule is O=C1[C@@H]2C=NN=C2N=C(SCc2cn3cccnc3n2)N1c1ccccc1. The molecule has 0 unspecified atom stereocenters. The Bertz CT molecular complexity index is 1090. The fourth-order valence-corrected chi connectivity index (χ4v) is 3.83. The highest BCUT2D eigenvalue weighted by Crippen LogP contribution is 2.29. The molecule has 5 rings (SSSR count). The van der Waals surface area contributed by atoms with Crippen LogP contribution >= 0.6 is 11.8 Å². The molecule has 1 amide bonds. The van der Waals surface area contributed by atoms with Crippen LogP contribution in [0.15, 0.2) is 70.2 Å². The summed E-state index contributed by atoms with van der Waals surface area (Å²) in [4.78, 5) is 27.9. The molecule has 1 atom stereocenters. The van der Waals surface area contributed by atoms with Gasteiger partial charge in [0.05, 0.1) is 11.4 Å². The van der Waals surface area contributed by atoms with Gasteiger partial charge in [0.15, 0.2) is 11.0 Å². The molecule has 0 saturated carbocycles. The van der Waals surface area contributed by atoms with Gasteiger partial charge < -0.3 is 0 Å². The number of fused-ring (bicyclic) bond motifs is 2. The topological polar surface area (TPSA) is 87.6 Å². The van der Waals surface area contributed by atoms with Crippen LogP contribution in [0, 0.1) is 5.92 Å². The molecule has 0 spiro atoms. The molecule has 9 heteroatoms. The third kappa shape index (κ3) is 2.81. The smallest absolute Gasteiger partial charge is 0.249 e. The van der Waals surface area contributed by atoms with Crippen molar-refractivity contribution in [2.24, 2.45) is 21.1 Å². The highest BCUT2D eigenvalue weighted by atomic mass is 32.2. The van der Waals surface area contributed by atoms with Crippen molar-refractivity contribution >= 4 is 46.4 Å². The van der Waals surface area contributed by atoms with E-state index < -0.39 is 5.92 Å². The molecule has 2 aromatic heterocycles. The summed E-state index contributed by atoms with van der Waals surface area (Å²) < 4.78 is 1.86. The Labute approximate surface area is 158 Å². The predicted octanol–water partition coefficient (Wildman–Crippen LogP) is 2.38. The van der Waals surface area contributed by atoms with Crippen LogP contribution in [0.1, 0.15) is 5.69 Å². The average Bonchev–Trinajstić information content (AvgIpc) is 3.33. The molecule has 0 N–H and O–H groups in total. The van der Waals surface area contributed by atoms with Crippen LogP contribution in [0.4, 0.5) is 5.69 Å².